The second kappa shape index (κ2) is 8.56. The van der Waals surface area contributed by atoms with Crippen LogP contribution in [0, 0.1) is 0 Å². The summed E-state index contributed by atoms with van der Waals surface area (Å²) < 4.78 is 10.7. The van der Waals surface area contributed by atoms with Crippen LogP contribution in [0.2, 0.25) is 5.02 Å². The number of thioether (sulfide) groups is 1. The van der Waals surface area contributed by atoms with E-state index in [0.717, 1.165) is 22.9 Å². The Labute approximate surface area is 139 Å². The van der Waals surface area contributed by atoms with Gasteiger partial charge < -0.3 is 15.2 Å². The van der Waals surface area contributed by atoms with Crippen molar-refractivity contribution in [3.63, 3.8) is 0 Å². The first-order valence-corrected chi connectivity index (χ1v) is 8.03. The number of benzene rings is 2. The van der Waals surface area contributed by atoms with Gasteiger partial charge in [0, 0.05) is 10.8 Å². The van der Waals surface area contributed by atoms with Gasteiger partial charge in [0.2, 0.25) is 0 Å². The number of hydrogen-bond donors (Lipinski definition) is 1. The van der Waals surface area contributed by atoms with Crippen LogP contribution < -0.4 is 15.2 Å². The Morgan fingerprint density at radius 2 is 1.73 bits per heavy atom. The first-order valence-electron chi connectivity index (χ1n) is 6.67. The summed E-state index contributed by atoms with van der Waals surface area (Å²) in [7, 11) is 1.63. The molecule has 0 saturated carbocycles. The third-order valence-electron chi connectivity index (χ3n) is 2.73. The Bertz CT molecular complexity index is 615. The van der Waals surface area contributed by atoms with Crippen molar-refractivity contribution >= 4 is 34.2 Å². The first kappa shape index (κ1) is 16.5. The summed E-state index contributed by atoms with van der Waals surface area (Å²) in [5, 5.41) is 1.18. The molecule has 0 saturated heterocycles. The van der Waals surface area contributed by atoms with Crippen LogP contribution >= 0.6 is 23.4 Å². The van der Waals surface area contributed by atoms with Crippen molar-refractivity contribution in [1.82, 2.24) is 0 Å². The number of halogens is 1. The van der Waals surface area contributed by atoms with E-state index in [0.29, 0.717) is 16.8 Å². The normalized spacial score (nSPS) is 11.3. The first-order chi connectivity index (χ1) is 10.7. The molecule has 0 fully saturated rings. The lowest BCUT2D eigenvalue weighted by Gasteiger charge is -2.06. The smallest absolute Gasteiger partial charge is 0.159 e. The van der Waals surface area contributed by atoms with Gasteiger partial charge in [-0.1, -0.05) is 23.4 Å². The summed E-state index contributed by atoms with van der Waals surface area (Å²) in [6.07, 6.45) is 0. The van der Waals surface area contributed by atoms with Gasteiger partial charge in [-0.3, -0.25) is 0 Å². The second-order valence-corrected chi connectivity index (χ2v) is 5.85. The molecular weight excluding hydrogens is 320 g/mol. The van der Waals surface area contributed by atoms with E-state index in [9.17, 15) is 0 Å². The maximum Gasteiger partial charge on any atom is 0.159 e. The molecule has 6 heteroatoms. The zero-order chi connectivity index (χ0) is 15.8. The summed E-state index contributed by atoms with van der Waals surface area (Å²) in [4.78, 5) is 4.29. The molecular formula is C16H17ClN2O2S. The Morgan fingerprint density at radius 3 is 2.36 bits per heavy atom. The zero-order valence-corrected chi connectivity index (χ0v) is 13.7. The van der Waals surface area contributed by atoms with E-state index in [1.165, 1.54) is 11.8 Å². The summed E-state index contributed by atoms with van der Waals surface area (Å²) in [5.74, 6) is 2.32. The number of ether oxygens (including phenoxy) is 2. The highest BCUT2D eigenvalue weighted by Gasteiger charge is 1.98. The third-order valence-corrected chi connectivity index (χ3v) is 3.74. The molecule has 2 rings (SSSR count). The van der Waals surface area contributed by atoms with Crippen LogP contribution in [0.25, 0.3) is 0 Å². The van der Waals surface area contributed by atoms with Gasteiger partial charge in [0.15, 0.2) is 5.17 Å². The second-order valence-electron chi connectivity index (χ2n) is 4.30. The molecule has 0 atom stereocenters. The summed E-state index contributed by atoms with van der Waals surface area (Å²) in [5.41, 5.74) is 6.65. The van der Waals surface area contributed by atoms with Crippen molar-refractivity contribution in [2.24, 2.45) is 10.7 Å². The topological polar surface area (TPSA) is 56.8 Å². The van der Waals surface area contributed by atoms with E-state index in [-0.39, 0.29) is 0 Å². The number of hydrogen-bond acceptors (Lipinski definition) is 4. The number of amidine groups is 1. The van der Waals surface area contributed by atoms with Gasteiger partial charge >= 0.3 is 0 Å². The van der Waals surface area contributed by atoms with E-state index in [4.69, 9.17) is 26.8 Å². The number of rotatable bonds is 6. The standard InChI is InChI=1S/C16H17ClN2O2S/c1-20-14-6-8-15(9-7-14)21-10-11-22-16(18)19-13-4-2-12(17)3-5-13/h2-9H,10-11H2,1H3,(H2,18,19). The molecule has 0 aliphatic heterocycles. The Kier molecular flexibility index (Phi) is 6.43. The molecule has 4 nitrogen and oxygen atoms in total. The minimum Gasteiger partial charge on any atom is -0.497 e. The molecule has 0 heterocycles. The largest absolute Gasteiger partial charge is 0.497 e. The van der Waals surface area contributed by atoms with Crippen molar-refractivity contribution in [2.75, 3.05) is 19.5 Å². The maximum absolute atomic E-state index is 5.87. The lowest BCUT2D eigenvalue weighted by Crippen LogP contribution is -2.10. The van der Waals surface area contributed by atoms with E-state index in [1.54, 1.807) is 19.2 Å². The molecule has 116 valence electrons. The summed E-state index contributed by atoms with van der Waals surface area (Å²) >= 11 is 7.27. The van der Waals surface area contributed by atoms with Crippen molar-refractivity contribution in [2.45, 2.75) is 0 Å². The molecule has 2 aromatic rings. The number of methoxy groups -OCH3 is 1. The minimum absolute atomic E-state index is 0.501. The van der Waals surface area contributed by atoms with Crippen molar-refractivity contribution < 1.29 is 9.47 Å². The Hall–Kier alpha value is -1.85. The van der Waals surface area contributed by atoms with Crippen LogP contribution in [0.3, 0.4) is 0 Å². The van der Waals surface area contributed by atoms with Gasteiger partial charge in [0.05, 0.1) is 19.4 Å². The molecule has 0 aromatic heterocycles. The van der Waals surface area contributed by atoms with Crippen LogP contribution in [0.1, 0.15) is 0 Å². The van der Waals surface area contributed by atoms with Gasteiger partial charge in [-0.15, -0.1) is 0 Å². The van der Waals surface area contributed by atoms with E-state index < -0.39 is 0 Å². The predicted octanol–water partition coefficient (Wildman–Crippen LogP) is 4.11. The lowest BCUT2D eigenvalue weighted by molar-refractivity contribution is 0.343. The van der Waals surface area contributed by atoms with Crippen LogP contribution in [0.4, 0.5) is 5.69 Å². The monoisotopic (exact) mass is 336 g/mol. The van der Waals surface area contributed by atoms with Crippen LogP contribution in [0.5, 0.6) is 11.5 Å². The van der Waals surface area contributed by atoms with Gasteiger partial charge in [-0.2, -0.15) is 0 Å². The van der Waals surface area contributed by atoms with Crippen molar-refractivity contribution in [3.8, 4) is 11.5 Å². The molecule has 0 amide bonds. The fraction of sp³-hybridized carbons (Fsp3) is 0.188. The average molecular weight is 337 g/mol. The van der Waals surface area contributed by atoms with Crippen molar-refractivity contribution in [1.29, 1.82) is 0 Å². The minimum atomic E-state index is 0.501. The highest BCUT2D eigenvalue weighted by molar-refractivity contribution is 8.13. The third kappa shape index (κ3) is 5.50. The molecule has 0 aliphatic rings. The van der Waals surface area contributed by atoms with Crippen LogP contribution in [0.15, 0.2) is 53.5 Å². The number of nitrogens with two attached hydrogens (primary N) is 1. The zero-order valence-electron chi connectivity index (χ0n) is 12.2. The molecule has 2 aromatic carbocycles. The SMILES string of the molecule is COc1ccc(OCCSC(N)=Nc2ccc(Cl)cc2)cc1. The fourth-order valence-electron chi connectivity index (χ4n) is 1.65. The summed E-state index contributed by atoms with van der Waals surface area (Å²) in [6.45, 7) is 0.549. The van der Waals surface area contributed by atoms with Gasteiger partial charge in [-0.05, 0) is 48.5 Å². The number of aliphatic imine (C=N–C) groups is 1. The average Bonchev–Trinajstić information content (AvgIpc) is 2.54. The highest BCUT2D eigenvalue weighted by Crippen LogP contribution is 2.19. The maximum atomic E-state index is 5.87. The fourth-order valence-corrected chi connectivity index (χ4v) is 2.32. The van der Waals surface area contributed by atoms with Crippen molar-refractivity contribution in [3.05, 3.63) is 53.6 Å². The number of nitrogens with zero attached hydrogens (tertiary/aromatic N) is 1. The molecule has 0 unspecified atom stereocenters. The van der Waals surface area contributed by atoms with Gasteiger partial charge in [-0.25, -0.2) is 4.99 Å². The quantitative estimate of drug-likeness (QED) is 0.490. The molecule has 0 bridgehead atoms. The Balaban J connectivity index is 1.74. The highest BCUT2D eigenvalue weighted by atomic mass is 35.5. The van der Waals surface area contributed by atoms with Crippen LogP contribution in [-0.4, -0.2) is 24.6 Å². The van der Waals surface area contributed by atoms with Crippen LogP contribution in [-0.2, 0) is 0 Å². The van der Waals surface area contributed by atoms with Gasteiger partial charge in [0.25, 0.3) is 0 Å². The molecule has 0 aliphatic carbocycles. The predicted molar refractivity (Wildman–Crippen MR) is 93.7 cm³/mol. The summed E-state index contributed by atoms with van der Waals surface area (Å²) in [6, 6.07) is 14.7. The molecule has 22 heavy (non-hydrogen) atoms. The van der Waals surface area contributed by atoms with Gasteiger partial charge in [0.1, 0.15) is 11.5 Å². The van der Waals surface area contributed by atoms with E-state index >= 15 is 0 Å². The lowest BCUT2D eigenvalue weighted by atomic mass is 10.3. The molecule has 0 spiro atoms. The van der Waals surface area contributed by atoms with E-state index in [1.807, 2.05) is 36.4 Å². The molecule has 0 radical (unpaired) electrons. The molecule has 2 N–H and O–H groups in total. The Morgan fingerprint density at radius 1 is 1.09 bits per heavy atom. The van der Waals surface area contributed by atoms with E-state index in [2.05, 4.69) is 4.99 Å².